The van der Waals surface area contributed by atoms with Crippen molar-refractivity contribution in [1.82, 2.24) is 0 Å². The molecule has 1 aliphatic carbocycles. The number of allylic oxidation sites excluding steroid dienone is 1. The Morgan fingerprint density at radius 3 is 2.63 bits per heavy atom. The molecule has 176 valence electrons. The maximum absolute atomic E-state index is 13.8. The Morgan fingerprint density at radius 1 is 1.20 bits per heavy atom. The van der Waals surface area contributed by atoms with Crippen LogP contribution < -0.4 is 16.0 Å². The molecule has 0 fully saturated rings. The summed E-state index contributed by atoms with van der Waals surface area (Å²) in [5.74, 6) is -0.834. The van der Waals surface area contributed by atoms with Crippen LogP contribution >= 0.6 is 15.9 Å². The van der Waals surface area contributed by atoms with E-state index < -0.39 is 21.7 Å². The predicted octanol–water partition coefficient (Wildman–Crippen LogP) is 4.40. The number of amides is 1. The molecule has 1 amide bonds. The second kappa shape index (κ2) is 7.52. The van der Waals surface area contributed by atoms with Crippen molar-refractivity contribution < 1.29 is 14.5 Å². The largest absolute Gasteiger partial charge is 0.384 e. The van der Waals surface area contributed by atoms with Gasteiger partial charge in [-0.1, -0.05) is 35.8 Å². The van der Waals surface area contributed by atoms with Gasteiger partial charge in [0.2, 0.25) is 5.91 Å². The van der Waals surface area contributed by atoms with E-state index in [2.05, 4.69) is 27.3 Å². The highest BCUT2D eigenvalue weighted by molar-refractivity contribution is 9.10. The van der Waals surface area contributed by atoms with E-state index in [1.54, 1.807) is 24.3 Å². The average molecular weight is 534 g/mol. The standard InChI is InChI=1S/C25H20BrN5O4/c1-24(2)10-19-21(20(32)11-24)25(16-8-13(26)6-7-18(16)29-23(25)33)17(12-27)22(28)30(19)14-4-3-5-15(9-14)31(34)35/h3-9H,10-11,28H2,1-2H3,(H,29,33). The molecule has 0 radical (unpaired) electrons. The number of halogens is 1. The number of benzene rings is 2. The second-order valence-electron chi connectivity index (χ2n) is 9.64. The molecular formula is C25H20BrN5O4. The van der Waals surface area contributed by atoms with Crippen LogP contribution in [0.3, 0.4) is 0 Å². The van der Waals surface area contributed by atoms with Gasteiger partial charge in [-0.05, 0) is 36.1 Å². The molecule has 2 aromatic carbocycles. The lowest BCUT2D eigenvalue weighted by Crippen LogP contribution is -2.52. The first-order chi connectivity index (χ1) is 16.5. The summed E-state index contributed by atoms with van der Waals surface area (Å²) in [4.78, 5) is 40.0. The Balaban J connectivity index is 1.90. The van der Waals surface area contributed by atoms with Crippen molar-refractivity contribution in [2.24, 2.45) is 11.1 Å². The van der Waals surface area contributed by atoms with Gasteiger partial charge in [-0.3, -0.25) is 24.6 Å². The van der Waals surface area contributed by atoms with Gasteiger partial charge in [0.1, 0.15) is 17.3 Å². The van der Waals surface area contributed by atoms with Gasteiger partial charge < -0.3 is 11.1 Å². The van der Waals surface area contributed by atoms with Crippen molar-refractivity contribution in [3.05, 3.63) is 85.3 Å². The molecule has 3 aliphatic rings. The molecule has 3 N–H and O–H groups in total. The number of nitrogens with two attached hydrogens (primary N) is 1. The molecule has 2 aromatic rings. The number of hydrogen-bond donors (Lipinski definition) is 2. The van der Waals surface area contributed by atoms with Crippen molar-refractivity contribution in [3.8, 4) is 6.07 Å². The first-order valence-electron chi connectivity index (χ1n) is 10.8. The molecule has 5 rings (SSSR count). The molecule has 0 aromatic heterocycles. The van der Waals surface area contributed by atoms with Gasteiger partial charge in [-0.2, -0.15) is 5.26 Å². The maximum Gasteiger partial charge on any atom is 0.271 e. The highest BCUT2D eigenvalue weighted by Gasteiger charge is 2.61. The number of rotatable bonds is 2. The third-order valence-electron chi connectivity index (χ3n) is 6.75. The van der Waals surface area contributed by atoms with Crippen LogP contribution in [0.2, 0.25) is 0 Å². The normalized spacial score (nSPS) is 22.6. The van der Waals surface area contributed by atoms with Crippen molar-refractivity contribution in [3.63, 3.8) is 0 Å². The minimum absolute atomic E-state index is 0.0415. The molecular weight excluding hydrogens is 514 g/mol. The smallest absolute Gasteiger partial charge is 0.271 e. The van der Waals surface area contributed by atoms with E-state index in [1.807, 2.05) is 13.8 Å². The van der Waals surface area contributed by atoms with Gasteiger partial charge in [0.15, 0.2) is 5.78 Å². The third-order valence-corrected chi connectivity index (χ3v) is 7.25. The Labute approximate surface area is 209 Å². The Hall–Kier alpha value is -3.97. The van der Waals surface area contributed by atoms with Crippen LogP contribution in [0.1, 0.15) is 32.3 Å². The summed E-state index contributed by atoms with van der Waals surface area (Å²) in [5.41, 5.74) is 6.14. The number of ketones is 1. The highest BCUT2D eigenvalue weighted by atomic mass is 79.9. The topological polar surface area (TPSA) is 142 Å². The van der Waals surface area contributed by atoms with E-state index in [9.17, 15) is 25.0 Å². The summed E-state index contributed by atoms with van der Waals surface area (Å²) < 4.78 is 0.676. The summed E-state index contributed by atoms with van der Waals surface area (Å²) in [7, 11) is 0. The van der Waals surface area contributed by atoms with E-state index in [1.165, 1.54) is 23.1 Å². The zero-order valence-corrected chi connectivity index (χ0v) is 20.5. The van der Waals surface area contributed by atoms with E-state index >= 15 is 0 Å². The van der Waals surface area contributed by atoms with E-state index in [0.717, 1.165) is 0 Å². The fourth-order valence-electron chi connectivity index (χ4n) is 5.43. The number of anilines is 2. The first-order valence-corrected chi connectivity index (χ1v) is 11.6. The molecule has 10 heteroatoms. The highest BCUT2D eigenvalue weighted by Crippen LogP contribution is 2.57. The Bertz CT molecular complexity index is 1470. The van der Waals surface area contributed by atoms with E-state index in [0.29, 0.717) is 33.5 Å². The lowest BCUT2D eigenvalue weighted by molar-refractivity contribution is -0.384. The van der Waals surface area contributed by atoms with Crippen LogP contribution in [-0.2, 0) is 15.0 Å². The van der Waals surface area contributed by atoms with Crippen LogP contribution in [0.25, 0.3) is 0 Å². The average Bonchev–Trinajstić information content (AvgIpc) is 3.05. The molecule has 0 saturated heterocycles. The summed E-state index contributed by atoms with van der Waals surface area (Å²) >= 11 is 3.44. The van der Waals surface area contributed by atoms with Crippen LogP contribution in [0, 0.1) is 26.9 Å². The van der Waals surface area contributed by atoms with Gasteiger partial charge in [-0.15, -0.1) is 0 Å². The molecule has 0 saturated carbocycles. The van der Waals surface area contributed by atoms with Crippen molar-refractivity contribution >= 4 is 44.7 Å². The number of hydrogen-bond acceptors (Lipinski definition) is 7. The quantitative estimate of drug-likeness (QED) is 0.429. The second-order valence-corrected chi connectivity index (χ2v) is 10.6. The molecule has 35 heavy (non-hydrogen) atoms. The summed E-state index contributed by atoms with van der Waals surface area (Å²) in [6, 6.07) is 13.1. The van der Waals surface area contributed by atoms with Crippen LogP contribution in [0.4, 0.5) is 17.1 Å². The predicted molar refractivity (Wildman–Crippen MR) is 132 cm³/mol. The van der Waals surface area contributed by atoms with Gasteiger partial charge in [0.25, 0.3) is 5.69 Å². The molecule has 2 heterocycles. The fourth-order valence-corrected chi connectivity index (χ4v) is 5.79. The monoisotopic (exact) mass is 533 g/mol. The number of nitriles is 1. The SMILES string of the molecule is CC1(C)CC(=O)C2=C(C1)N(c1cccc([N+](=O)[O-])c1)C(N)=C(C#N)C21C(=O)Nc2ccc(Br)cc21. The summed E-state index contributed by atoms with van der Waals surface area (Å²) in [6.07, 6.45) is 0.542. The maximum atomic E-state index is 13.8. The Morgan fingerprint density at radius 2 is 1.94 bits per heavy atom. The van der Waals surface area contributed by atoms with Gasteiger partial charge in [0.05, 0.1) is 16.2 Å². The molecule has 1 unspecified atom stereocenters. The molecule has 0 bridgehead atoms. The molecule has 2 aliphatic heterocycles. The van der Waals surface area contributed by atoms with Gasteiger partial charge in [-0.25, -0.2) is 0 Å². The van der Waals surface area contributed by atoms with Crippen LogP contribution in [0.15, 0.2) is 69.6 Å². The van der Waals surface area contributed by atoms with E-state index in [4.69, 9.17) is 5.73 Å². The number of fused-ring (bicyclic) bond motifs is 3. The molecule has 1 spiro atoms. The molecule has 1 atom stereocenters. The minimum Gasteiger partial charge on any atom is -0.384 e. The molecule has 9 nitrogen and oxygen atoms in total. The number of Topliss-reactive ketones (excluding diaryl/α,β-unsaturated/α-hetero) is 1. The number of carbonyl (C=O) groups is 2. The zero-order valence-electron chi connectivity index (χ0n) is 18.9. The third kappa shape index (κ3) is 3.12. The minimum atomic E-state index is -1.71. The number of carbonyl (C=O) groups excluding carboxylic acids is 2. The fraction of sp³-hybridized carbons (Fsp3) is 0.240. The summed E-state index contributed by atoms with van der Waals surface area (Å²) in [6.45, 7) is 3.87. The number of nitro benzene ring substituents is 1. The van der Waals surface area contributed by atoms with Crippen molar-refractivity contribution in [2.45, 2.75) is 32.1 Å². The number of nitro groups is 1. The van der Waals surface area contributed by atoms with Crippen molar-refractivity contribution in [2.75, 3.05) is 10.2 Å². The lowest BCUT2D eigenvalue weighted by atomic mass is 9.61. The number of non-ortho nitro benzene ring substituents is 1. The Kier molecular flexibility index (Phi) is 4.90. The number of nitrogens with zero attached hydrogens (tertiary/aromatic N) is 3. The van der Waals surface area contributed by atoms with Gasteiger partial charge >= 0.3 is 0 Å². The van der Waals surface area contributed by atoms with E-state index in [-0.39, 0.29) is 34.9 Å². The number of nitrogens with one attached hydrogen (secondary N) is 1. The van der Waals surface area contributed by atoms with Crippen LogP contribution in [0.5, 0.6) is 0 Å². The summed E-state index contributed by atoms with van der Waals surface area (Å²) in [5, 5.41) is 24.6. The van der Waals surface area contributed by atoms with Gasteiger partial charge in [0, 0.05) is 45.5 Å². The van der Waals surface area contributed by atoms with Crippen LogP contribution in [-0.4, -0.2) is 16.6 Å². The lowest BCUT2D eigenvalue weighted by Gasteiger charge is -2.46. The first kappa shape index (κ1) is 22.8. The zero-order chi connectivity index (χ0) is 25.3. The van der Waals surface area contributed by atoms with Crippen molar-refractivity contribution in [1.29, 1.82) is 5.26 Å².